The first-order valence-corrected chi connectivity index (χ1v) is 10.2. The summed E-state index contributed by atoms with van der Waals surface area (Å²) in [5, 5.41) is 4.76. The topological polar surface area (TPSA) is 86.7 Å². The number of aromatic nitrogens is 5. The van der Waals surface area contributed by atoms with Gasteiger partial charge in [-0.15, -0.1) is 11.3 Å². The van der Waals surface area contributed by atoms with E-state index in [0.717, 1.165) is 64.6 Å². The lowest BCUT2D eigenvalue weighted by Crippen LogP contribution is -2.24. The number of fused-ring (bicyclic) bond motifs is 2. The van der Waals surface area contributed by atoms with Crippen molar-refractivity contribution in [2.45, 2.75) is 46.1 Å². The molecule has 0 saturated heterocycles. The van der Waals surface area contributed by atoms with Gasteiger partial charge in [0, 0.05) is 30.4 Å². The van der Waals surface area contributed by atoms with Gasteiger partial charge in [0.05, 0.1) is 10.3 Å². The Balaban J connectivity index is 1.62. The van der Waals surface area contributed by atoms with E-state index in [9.17, 15) is 4.79 Å². The van der Waals surface area contributed by atoms with E-state index in [2.05, 4.69) is 15.1 Å². The van der Waals surface area contributed by atoms with Crippen LogP contribution in [0, 0.1) is 13.8 Å². The standard InChI is InChI=1S/C20H19N5O2S/c1-11-7-8-13(10-21-11)17-23-18(27-24-17)16-12(2)15-19(28-16)22-14-6-4-3-5-9-25(14)20(15)26/h7-8,10H,3-6,9H2,1-2H3. The van der Waals surface area contributed by atoms with Gasteiger partial charge < -0.3 is 4.52 Å². The Bertz CT molecular complexity index is 1240. The molecule has 0 spiro atoms. The van der Waals surface area contributed by atoms with Crippen LogP contribution in [0.15, 0.2) is 27.6 Å². The first-order valence-electron chi connectivity index (χ1n) is 9.42. The predicted molar refractivity (Wildman–Crippen MR) is 107 cm³/mol. The molecule has 142 valence electrons. The molecule has 4 aromatic heterocycles. The Kier molecular flexibility index (Phi) is 4.08. The van der Waals surface area contributed by atoms with Crippen molar-refractivity contribution in [2.75, 3.05) is 0 Å². The molecule has 0 radical (unpaired) electrons. The lowest BCUT2D eigenvalue weighted by Gasteiger charge is -2.08. The van der Waals surface area contributed by atoms with Gasteiger partial charge in [0.2, 0.25) is 5.82 Å². The first kappa shape index (κ1) is 17.2. The monoisotopic (exact) mass is 393 g/mol. The van der Waals surface area contributed by atoms with E-state index in [-0.39, 0.29) is 5.56 Å². The minimum absolute atomic E-state index is 0.0457. The van der Waals surface area contributed by atoms with Gasteiger partial charge in [0.1, 0.15) is 10.7 Å². The van der Waals surface area contributed by atoms with Crippen LogP contribution in [0.25, 0.3) is 32.4 Å². The number of hydrogen-bond acceptors (Lipinski definition) is 7. The van der Waals surface area contributed by atoms with Gasteiger partial charge in [-0.05, 0) is 44.4 Å². The highest BCUT2D eigenvalue weighted by Gasteiger charge is 2.22. The molecule has 0 aromatic carbocycles. The third kappa shape index (κ3) is 2.75. The number of rotatable bonds is 2. The average Bonchev–Trinajstić information content (AvgIpc) is 3.21. The largest absolute Gasteiger partial charge is 0.333 e. The molecular formula is C20H19N5O2S. The van der Waals surface area contributed by atoms with E-state index in [4.69, 9.17) is 9.51 Å². The van der Waals surface area contributed by atoms with Crippen molar-refractivity contribution in [2.24, 2.45) is 0 Å². The van der Waals surface area contributed by atoms with Crippen LogP contribution in [-0.2, 0) is 13.0 Å². The molecule has 8 heteroatoms. The van der Waals surface area contributed by atoms with Crippen LogP contribution in [0.1, 0.15) is 36.3 Å². The van der Waals surface area contributed by atoms with Crippen molar-refractivity contribution < 1.29 is 4.52 Å². The summed E-state index contributed by atoms with van der Waals surface area (Å²) in [5.41, 5.74) is 2.63. The molecule has 1 aliphatic rings. The summed E-state index contributed by atoms with van der Waals surface area (Å²) in [4.78, 5) is 28.3. The molecule has 4 aromatic rings. The maximum Gasteiger partial charge on any atom is 0.268 e. The lowest BCUT2D eigenvalue weighted by molar-refractivity contribution is 0.433. The molecule has 0 amide bonds. The predicted octanol–water partition coefficient (Wildman–Crippen LogP) is 3.91. The summed E-state index contributed by atoms with van der Waals surface area (Å²) in [6.07, 6.45) is 5.81. The molecule has 0 N–H and O–H groups in total. The summed E-state index contributed by atoms with van der Waals surface area (Å²) in [7, 11) is 0. The van der Waals surface area contributed by atoms with Gasteiger partial charge in [0.15, 0.2) is 0 Å². The van der Waals surface area contributed by atoms with Crippen LogP contribution in [-0.4, -0.2) is 24.7 Å². The molecule has 0 fully saturated rings. The fourth-order valence-corrected chi connectivity index (χ4v) is 4.76. The van der Waals surface area contributed by atoms with Crippen LogP contribution < -0.4 is 5.56 Å². The van der Waals surface area contributed by atoms with Crippen molar-refractivity contribution in [3.8, 4) is 22.2 Å². The Labute approximate surface area is 165 Å². The quantitative estimate of drug-likeness (QED) is 0.513. The maximum atomic E-state index is 13.1. The number of pyridine rings is 1. The van der Waals surface area contributed by atoms with Crippen LogP contribution in [0.3, 0.4) is 0 Å². The second kappa shape index (κ2) is 6.63. The smallest absolute Gasteiger partial charge is 0.268 e. The molecule has 0 unspecified atom stereocenters. The zero-order chi connectivity index (χ0) is 19.3. The van der Waals surface area contributed by atoms with Gasteiger partial charge in [-0.3, -0.25) is 14.3 Å². The summed E-state index contributed by atoms with van der Waals surface area (Å²) in [6, 6.07) is 3.83. The highest BCUT2D eigenvalue weighted by molar-refractivity contribution is 7.22. The zero-order valence-corrected chi connectivity index (χ0v) is 16.5. The molecule has 1 aliphatic heterocycles. The summed E-state index contributed by atoms with van der Waals surface area (Å²) >= 11 is 1.45. The van der Waals surface area contributed by atoms with E-state index in [1.807, 2.05) is 30.5 Å². The average molecular weight is 393 g/mol. The normalized spacial score (nSPS) is 14.2. The van der Waals surface area contributed by atoms with Gasteiger partial charge in [-0.2, -0.15) is 4.98 Å². The Morgan fingerprint density at radius 3 is 2.86 bits per heavy atom. The van der Waals surface area contributed by atoms with E-state index >= 15 is 0 Å². The second-order valence-electron chi connectivity index (χ2n) is 7.14. The van der Waals surface area contributed by atoms with E-state index in [1.165, 1.54) is 11.3 Å². The summed E-state index contributed by atoms with van der Waals surface area (Å²) in [5.74, 6) is 1.79. The van der Waals surface area contributed by atoms with Crippen LogP contribution in [0.2, 0.25) is 0 Å². The van der Waals surface area contributed by atoms with Crippen molar-refractivity contribution in [3.63, 3.8) is 0 Å². The van der Waals surface area contributed by atoms with Crippen molar-refractivity contribution in [1.29, 1.82) is 0 Å². The summed E-state index contributed by atoms with van der Waals surface area (Å²) in [6.45, 7) is 4.60. The number of aryl methyl sites for hydroxylation is 3. The van der Waals surface area contributed by atoms with Gasteiger partial charge in [0.25, 0.3) is 11.4 Å². The molecule has 28 heavy (non-hydrogen) atoms. The van der Waals surface area contributed by atoms with Crippen LogP contribution >= 0.6 is 11.3 Å². The van der Waals surface area contributed by atoms with E-state index < -0.39 is 0 Å². The Morgan fingerprint density at radius 1 is 1.14 bits per heavy atom. The maximum absolute atomic E-state index is 13.1. The number of hydrogen-bond donors (Lipinski definition) is 0. The molecule has 0 atom stereocenters. The fourth-order valence-electron chi connectivity index (χ4n) is 3.65. The van der Waals surface area contributed by atoms with Crippen molar-refractivity contribution in [3.05, 3.63) is 45.8 Å². The van der Waals surface area contributed by atoms with Crippen LogP contribution in [0.4, 0.5) is 0 Å². The Hall–Kier alpha value is -2.87. The highest BCUT2D eigenvalue weighted by atomic mass is 32.1. The fraction of sp³-hybridized carbons (Fsp3) is 0.350. The number of thiophene rings is 1. The molecular weight excluding hydrogens is 374 g/mol. The van der Waals surface area contributed by atoms with Gasteiger partial charge in [-0.1, -0.05) is 11.6 Å². The van der Waals surface area contributed by atoms with Crippen molar-refractivity contribution >= 4 is 21.6 Å². The molecule has 0 aliphatic carbocycles. The molecule has 5 rings (SSSR count). The minimum atomic E-state index is 0.0457. The van der Waals surface area contributed by atoms with Crippen molar-refractivity contribution in [1.82, 2.24) is 24.7 Å². The van der Waals surface area contributed by atoms with E-state index in [0.29, 0.717) is 17.1 Å². The lowest BCUT2D eigenvalue weighted by atomic mass is 10.2. The third-order valence-corrected chi connectivity index (χ3v) is 6.38. The molecule has 7 nitrogen and oxygen atoms in total. The first-order chi connectivity index (χ1) is 13.6. The van der Waals surface area contributed by atoms with E-state index in [1.54, 1.807) is 6.20 Å². The summed E-state index contributed by atoms with van der Waals surface area (Å²) < 4.78 is 7.36. The third-order valence-electron chi connectivity index (χ3n) is 5.20. The second-order valence-corrected chi connectivity index (χ2v) is 8.14. The Morgan fingerprint density at radius 2 is 2.04 bits per heavy atom. The molecule has 0 bridgehead atoms. The highest BCUT2D eigenvalue weighted by Crippen LogP contribution is 2.36. The van der Waals surface area contributed by atoms with Gasteiger partial charge in [-0.25, -0.2) is 4.98 Å². The minimum Gasteiger partial charge on any atom is -0.333 e. The molecule has 0 saturated carbocycles. The zero-order valence-electron chi connectivity index (χ0n) is 15.7. The SMILES string of the molecule is Cc1ccc(-c2noc(-c3sc4nc5n(c(=O)c4c3C)CCCCC5)n2)cn1. The van der Waals surface area contributed by atoms with Gasteiger partial charge >= 0.3 is 0 Å². The van der Waals surface area contributed by atoms with Crippen LogP contribution in [0.5, 0.6) is 0 Å². The number of nitrogens with zero attached hydrogens (tertiary/aromatic N) is 5. The molecule has 5 heterocycles.